The maximum absolute atomic E-state index is 13.8. The fraction of sp³-hybridized carbons (Fsp3) is 0.250. The number of aromatic nitrogens is 3. The third-order valence-electron chi connectivity index (χ3n) is 4.16. The van der Waals surface area contributed by atoms with E-state index in [9.17, 15) is 4.39 Å². The molecule has 29 heavy (non-hydrogen) atoms. The van der Waals surface area contributed by atoms with E-state index in [1.165, 1.54) is 6.07 Å². The van der Waals surface area contributed by atoms with Crippen LogP contribution in [0.5, 0.6) is 0 Å². The largest absolute Gasteiger partial charge is 0.356 e. The summed E-state index contributed by atoms with van der Waals surface area (Å²) < 4.78 is 16.3. The van der Waals surface area contributed by atoms with Crippen LogP contribution in [-0.2, 0) is 13.0 Å². The number of aliphatic imine (C=N–C) groups is 1. The molecule has 0 unspecified atom stereocenters. The third-order valence-corrected chi connectivity index (χ3v) is 4.66. The fourth-order valence-corrected chi connectivity index (χ4v) is 3.05. The van der Waals surface area contributed by atoms with Crippen LogP contribution in [0.3, 0.4) is 0 Å². The van der Waals surface area contributed by atoms with Gasteiger partial charge in [0, 0.05) is 43.2 Å². The first-order valence-electron chi connectivity index (χ1n) is 8.99. The van der Waals surface area contributed by atoms with Gasteiger partial charge < -0.3 is 10.6 Å². The van der Waals surface area contributed by atoms with E-state index in [2.05, 4.69) is 41.6 Å². The van der Waals surface area contributed by atoms with Crippen LogP contribution in [0.2, 0.25) is 0 Å². The average Bonchev–Trinajstić information content (AvgIpc) is 3.24. The molecule has 154 valence electrons. The number of hydrogen-bond acceptors (Lipinski definition) is 3. The first kappa shape index (κ1) is 23.3. The number of pyridine rings is 1. The van der Waals surface area contributed by atoms with Crippen molar-refractivity contribution in [2.45, 2.75) is 19.4 Å². The van der Waals surface area contributed by atoms with Crippen LogP contribution in [-0.4, -0.2) is 34.3 Å². The zero-order chi connectivity index (χ0) is 19.8. The van der Waals surface area contributed by atoms with Crippen molar-refractivity contribution in [1.29, 1.82) is 0 Å². The van der Waals surface area contributed by atoms with Crippen LogP contribution < -0.4 is 10.6 Å². The van der Waals surface area contributed by atoms with E-state index in [-0.39, 0.29) is 29.8 Å². The highest BCUT2D eigenvalue weighted by Crippen LogP contribution is 2.16. The van der Waals surface area contributed by atoms with Gasteiger partial charge in [0.2, 0.25) is 0 Å². The van der Waals surface area contributed by atoms with E-state index in [0.29, 0.717) is 25.5 Å². The van der Waals surface area contributed by atoms with E-state index in [4.69, 9.17) is 0 Å². The molecule has 3 aromatic rings. The van der Waals surface area contributed by atoms with Crippen LogP contribution >= 0.6 is 39.9 Å². The summed E-state index contributed by atoms with van der Waals surface area (Å²) in [6.07, 6.45) is 6.81. The second kappa shape index (κ2) is 11.9. The van der Waals surface area contributed by atoms with Crippen molar-refractivity contribution >= 4 is 45.9 Å². The van der Waals surface area contributed by atoms with E-state index in [0.717, 1.165) is 27.8 Å². The lowest BCUT2D eigenvalue weighted by atomic mass is 10.1. The minimum absolute atomic E-state index is 0. The van der Waals surface area contributed by atoms with Crippen molar-refractivity contribution in [2.24, 2.45) is 4.99 Å². The number of guanidine groups is 1. The smallest absolute Gasteiger partial charge is 0.191 e. The molecule has 0 spiro atoms. The van der Waals surface area contributed by atoms with Crippen molar-refractivity contribution in [3.05, 3.63) is 76.4 Å². The molecule has 0 saturated carbocycles. The SMILES string of the molecule is CN=C(NCCCc1ccc(Br)cc1F)NCc1ccnc(-n2cccn2)c1.I. The Bertz CT molecular complexity index is 932. The van der Waals surface area contributed by atoms with Crippen LogP contribution in [0.1, 0.15) is 17.5 Å². The molecular formula is C20H23BrFIN6. The van der Waals surface area contributed by atoms with Gasteiger partial charge in [0.1, 0.15) is 5.82 Å². The lowest BCUT2D eigenvalue weighted by Gasteiger charge is -2.12. The summed E-state index contributed by atoms with van der Waals surface area (Å²) in [5, 5.41) is 10.7. The second-order valence-corrected chi connectivity index (χ2v) is 7.08. The molecule has 0 atom stereocenters. The number of aryl methyl sites for hydroxylation is 1. The zero-order valence-electron chi connectivity index (χ0n) is 16.0. The molecule has 2 aromatic heterocycles. The number of benzene rings is 1. The summed E-state index contributed by atoms with van der Waals surface area (Å²) in [6, 6.07) is 11.0. The Labute approximate surface area is 195 Å². The Morgan fingerprint density at radius 2 is 2.07 bits per heavy atom. The standard InChI is InChI=1S/C20H22BrFN6.HI/c1-23-20(25-8-2-4-16-5-6-17(21)13-18(16)22)26-14-15-7-10-24-19(12-15)28-11-3-9-27-28;/h3,5-7,9-13H,2,4,8,14H2,1H3,(H2,23,25,26);1H. The first-order valence-corrected chi connectivity index (χ1v) is 9.78. The topological polar surface area (TPSA) is 67.1 Å². The molecular weight excluding hydrogens is 550 g/mol. The van der Waals surface area contributed by atoms with Crippen molar-refractivity contribution in [1.82, 2.24) is 25.4 Å². The maximum Gasteiger partial charge on any atom is 0.191 e. The first-order chi connectivity index (χ1) is 13.7. The van der Waals surface area contributed by atoms with Crippen LogP contribution in [0, 0.1) is 5.82 Å². The van der Waals surface area contributed by atoms with Crippen LogP contribution in [0.15, 0.2) is 64.5 Å². The average molecular weight is 573 g/mol. The van der Waals surface area contributed by atoms with Crippen molar-refractivity contribution in [3.8, 4) is 5.82 Å². The van der Waals surface area contributed by atoms with Gasteiger partial charge >= 0.3 is 0 Å². The molecule has 9 heteroatoms. The van der Waals surface area contributed by atoms with Crippen molar-refractivity contribution < 1.29 is 4.39 Å². The molecule has 6 nitrogen and oxygen atoms in total. The number of hydrogen-bond donors (Lipinski definition) is 2. The highest BCUT2D eigenvalue weighted by Gasteiger charge is 2.04. The van der Waals surface area contributed by atoms with Gasteiger partial charge in [-0.15, -0.1) is 24.0 Å². The highest BCUT2D eigenvalue weighted by molar-refractivity contribution is 14.0. The van der Waals surface area contributed by atoms with Gasteiger partial charge in [-0.25, -0.2) is 14.1 Å². The van der Waals surface area contributed by atoms with Gasteiger partial charge in [0.05, 0.1) is 0 Å². The van der Waals surface area contributed by atoms with Gasteiger partial charge in [-0.3, -0.25) is 4.99 Å². The Hall–Kier alpha value is -2.01. The Kier molecular flexibility index (Phi) is 9.52. The molecule has 0 aliphatic carbocycles. The molecule has 0 fully saturated rings. The molecule has 0 aliphatic rings. The summed E-state index contributed by atoms with van der Waals surface area (Å²) in [7, 11) is 1.73. The normalized spacial score (nSPS) is 11.1. The summed E-state index contributed by atoms with van der Waals surface area (Å²) in [5.74, 6) is 1.29. The predicted molar refractivity (Wildman–Crippen MR) is 127 cm³/mol. The van der Waals surface area contributed by atoms with E-state index in [1.54, 1.807) is 24.1 Å². The molecule has 0 radical (unpaired) electrons. The maximum atomic E-state index is 13.8. The molecule has 0 bridgehead atoms. The summed E-state index contributed by atoms with van der Waals surface area (Å²) in [5.41, 5.74) is 1.79. The molecule has 0 saturated heterocycles. The van der Waals surface area contributed by atoms with Gasteiger partial charge in [0.25, 0.3) is 0 Å². The molecule has 0 aliphatic heterocycles. The number of rotatable bonds is 7. The molecule has 2 heterocycles. The minimum Gasteiger partial charge on any atom is -0.356 e. The summed E-state index contributed by atoms with van der Waals surface area (Å²) in [4.78, 5) is 8.55. The number of halogens is 3. The Morgan fingerprint density at radius 1 is 1.21 bits per heavy atom. The molecule has 0 amide bonds. The van der Waals surface area contributed by atoms with E-state index < -0.39 is 0 Å². The van der Waals surface area contributed by atoms with Gasteiger partial charge in [-0.1, -0.05) is 22.0 Å². The van der Waals surface area contributed by atoms with Gasteiger partial charge in [-0.2, -0.15) is 5.10 Å². The van der Waals surface area contributed by atoms with Crippen LogP contribution in [0.4, 0.5) is 4.39 Å². The van der Waals surface area contributed by atoms with Gasteiger partial charge in [-0.05, 0) is 54.3 Å². The lowest BCUT2D eigenvalue weighted by Crippen LogP contribution is -2.37. The minimum atomic E-state index is -0.178. The fourth-order valence-electron chi connectivity index (χ4n) is 2.72. The van der Waals surface area contributed by atoms with Crippen molar-refractivity contribution in [2.75, 3.05) is 13.6 Å². The van der Waals surface area contributed by atoms with Crippen LogP contribution in [0.25, 0.3) is 5.82 Å². The Morgan fingerprint density at radius 3 is 2.79 bits per heavy atom. The molecule has 3 rings (SSSR count). The molecule has 1 aromatic carbocycles. The third kappa shape index (κ3) is 7.07. The second-order valence-electron chi connectivity index (χ2n) is 6.16. The summed E-state index contributed by atoms with van der Waals surface area (Å²) in [6.45, 7) is 1.31. The predicted octanol–water partition coefficient (Wildman–Crippen LogP) is 4.08. The molecule has 2 N–H and O–H groups in total. The van der Waals surface area contributed by atoms with E-state index in [1.807, 2.05) is 36.5 Å². The number of nitrogens with one attached hydrogen (secondary N) is 2. The number of nitrogens with zero attached hydrogens (tertiary/aromatic N) is 4. The highest BCUT2D eigenvalue weighted by atomic mass is 127. The van der Waals surface area contributed by atoms with Gasteiger partial charge in [0.15, 0.2) is 11.8 Å². The van der Waals surface area contributed by atoms with Crippen molar-refractivity contribution in [3.63, 3.8) is 0 Å². The van der Waals surface area contributed by atoms with E-state index >= 15 is 0 Å². The quantitative estimate of drug-likeness (QED) is 0.194. The Balaban J connectivity index is 0.00000300. The summed E-state index contributed by atoms with van der Waals surface area (Å²) >= 11 is 3.27. The lowest BCUT2D eigenvalue weighted by molar-refractivity contribution is 0.602. The monoisotopic (exact) mass is 572 g/mol. The zero-order valence-corrected chi connectivity index (χ0v) is 19.9.